The van der Waals surface area contributed by atoms with Crippen molar-refractivity contribution in [2.45, 2.75) is 27.7 Å². The first-order valence-corrected chi connectivity index (χ1v) is 9.73. The highest BCUT2D eigenvalue weighted by Crippen LogP contribution is 2.20. The lowest BCUT2D eigenvalue weighted by molar-refractivity contribution is 0.0746. The van der Waals surface area contributed by atoms with Gasteiger partial charge in [-0.05, 0) is 52.0 Å². The van der Waals surface area contributed by atoms with Crippen molar-refractivity contribution in [2.24, 2.45) is 0 Å². The fraction of sp³-hybridized carbons (Fsp3) is 0.476. The molecule has 2 aromatic rings. The monoisotopic (exact) mass is 367 g/mol. The third kappa shape index (κ3) is 4.21. The summed E-state index contributed by atoms with van der Waals surface area (Å²) < 4.78 is 0. The average Bonchev–Trinajstić information content (AvgIpc) is 2.71. The molecule has 1 saturated heterocycles. The van der Waals surface area contributed by atoms with Crippen LogP contribution < -0.4 is 9.80 Å². The molecule has 27 heavy (non-hydrogen) atoms. The van der Waals surface area contributed by atoms with Crippen LogP contribution in [0, 0.1) is 13.8 Å². The van der Waals surface area contributed by atoms with Crippen molar-refractivity contribution in [3.05, 3.63) is 47.4 Å². The van der Waals surface area contributed by atoms with E-state index in [1.54, 1.807) is 6.20 Å². The van der Waals surface area contributed by atoms with Gasteiger partial charge in [0.05, 0.1) is 11.4 Å². The van der Waals surface area contributed by atoms with Gasteiger partial charge in [0.1, 0.15) is 5.82 Å². The van der Waals surface area contributed by atoms with E-state index in [1.165, 1.54) is 0 Å². The SMILES string of the molecule is CCN(CC)c1ccc(C(=O)N2CCN(c3nc(C)cnc3C)CC2)cc1. The summed E-state index contributed by atoms with van der Waals surface area (Å²) >= 11 is 0. The second kappa shape index (κ2) is 8.37. The standard InChI is InChI=1S/C21H29N5O/c1-5-24(6-2)19-9-7-18(8-10-19)21(27)26-13-11-25(12-14-26)20-17(4)22-15-16(3)23-20/h7-10,15H,5-6,11-14H2,1-4H3. The number of amides is 1. The van der Waals surface area contributed by atoms with E-state index >= 15 is 0 Å². The Morgan fingerprint density at radius 2 is 1.67 bits per heavy atom. The number of anilines is 2. The molecule has 0 N–H and O–H groups in total. The van der Waals surface area contributed by atoms with E-state index < -0.39 is 0 Å². The first-order valence-electron chi connectivity index (χ1n) is 9.73. The van der Waals surface area contributed by atoms with Crippen LogP contribution >= 0.6 is 0 Å². The van der Waals surface area contributed by atoms with Gasteiger partial charge < -0.3 is 14.7 Å². The van der Waals surface area contributed by atoms with E-state index in [-0.39, 0.29) is 5.91 Å². The molecule has 1 aliphatic heterocycles. The molecule has 0 spiro atoms. The maximum absolute atomic E-state index is 12.9. The van der Waals surface area contributed by atoms with Crippen molar-refractivity contribution >= 4 is 17.4 Å². The van der Waals surface area contributed by atoms with Gasteiger partial charge in [0.15, 0.2) is 0 Å². The van der Waals surface area contributed by atoms with E-state index in [9.17, 15) is 4.79 Å². The van der Waals surface area contributed by atoms with Crippen LogP contribution in [0.4, 0.5) is 11.5 Å². The van der Waals surface area contributed by atoms with Gasteiger partial charge in [-0.15, -0.1) is 0 Å². The number of hydrogen-bond donors (Lipinski definition) is 0. The molecule has 0 saturated carbocycles. The molecule has 6 nitrogen and oxygen atoms in total. The fourth-order valence-corrected chi connectivity index (χ4v) is 3.53. The highest BCUT2D eigenvalue weighted by molar-refractivity contribution is 5.94. The summed E-state index contributed by atoms with van der Waals surface area (Å²) in [6, 6.07) is 7.97. The van der Waals surface area contributed by atoms with Crippen molar-refractivity contribution in [2.75, 3.05) is 49.1 Å². The summed E-state index contributed by atoms with van der Waals surface area (Å²) in [5.41, 5.74) is 3.77. The zero-order chi connectivity index (χ0) is 19.4. The molecular weight excluding hydrogens is 338 g/mol. The van der Waals surface area contributed by atoms with E-state index in [0.29, 0.717) is 13.1 Å². The third-order valence-electron chi connectivity index (χ3n) is 5.16. The van der Waals surface area contributed by atoms with Crippen LogP contribution in [-0.4, -0.2) is 60.0 Å². The van der Waals surface area contributed by atoms with Crippen molar-refractivity contribution in [1.82, 2.24) is 14.9 Å². The fourth-order valence-electron chi connectivity index (χ4n) is 3.53. The van der Waals surface area contributed by atoms with Crippen LogP contribution in [0.5, 0.6) is 0 Å². The van der Waals surface area contributed by atoms with Gasteiger partial charge in [-0.2, -0.15) is 0 Å². The second-order valence-electron chi connectivity index (χ2n) is 6.92. The number of aryl methyl sites for hydroxylation is 2. The second-order valence-corrected chi connectivity index (χ2v) is 6.92. The van der Waals surface area contributed by atoms with Crippen molar-refractivity contribution in [3.63, 3.8) is 0 Å². The predicted octanol–water partition coefficient (Wildman–Crippen LogP) is 2.90. The van der Waals surface area contributed by atoms with Gasteiger partial charge in [-0.25, -0.2) is 4.98 Å². The Hall–Kier alpha value is -2.63. The Bertz CT molecular complexity index is 778. The molecule has 144 valence electrons. The van der Waals surface area contributed by atoms with E-state index in [1.807, 2.05) is 43.0 Å². The molecule has 1 aromatic carbocycles. The topological polar surface area (TPSA) is 52.6 Å². The maximum atomic E-state index is 12.9. The van der Waals surface area contributed by atoms with Crippen molar-refractivity contribution < 1.29 is 4.79 Å². The van der Waals surface area contributed by atoms with Gasteiger partial charge in [0, 0.05) is 56.7 Å². The lowest BCUT2D eigenvalue weighted by Gasteiger charge is -2.36. The average molecular weight is 367 g/mol. The Morgan fingerprint density at radius 1 is 1.04 bits per heavy atom. The highest BCUT2D eigenvalue weighted by atomic mass is 16.2. The highest BCUT2D eigenvalue weighted by Gasteiger charge is 2.24. The van der Waals surface area contributed by atoms with Gasteiger partial charge >= 0.3 is 0 Å². The molecule has 1 fully saturated rings. The molecule has 3 rings (SSSR count). The van der Waals surface area contributed by atoms with Gasteiger partial charge in [-0.1, -0.05) is 0 Å². The lowest BCUT2D eigenvalue weighted by Crippen LogP contribution is -2.49. The van der Waals surface area contributed by atoms with Crippen LogP contribution in [-0.2, 0) is 0 Å². The number of nitrogens with zero attached hydrogens (tertiary/aromatic N) is 5. The number of aromatic nitrogens is 2. The molecule has 2 heterocycles. The van der Waals surface area contributed by atoms with Crippen LogP contribution in [0.15, 0.2) is 30.5 Å². The smallest absolute Gasteiger partial charge is 0.253 e. The molecule has 6 heteroatoms. The maximum Gasteiger partial charge on any atom is 0.253 e. The number of benzene rings is 1. The number of piperazine rings is 1. The van der Waals surface area contributed by atoms with Gasteiger partial charge in [0.25, 0.3) is 5.91 Å². The third-order valence-corrected chi connectivity index (χ3v) is 5.16. The Balaban J connectivity index is 1.64. The molecule has 0 atom stereocenters. The van der Waals surface area contributed by atoms with Gasteiger partial charge in [0.2, 0.25) is 0 Å². The molecule has 0 radical (unpaired) electrons. The summed E-state index contributed by atoms with van der Waals surface area (Å²) in [7, 11) is 0. The quantitative estimate of drug-likeness (QED) is 0.813. The number of carbonyl (C=O) groups is 1. The van der Waals surface area contributed by atoms with Gasteiger partial charge in [-0.3, -0.25) is 9.78 Å². The Kier molecular flexibility index (Phi) is 5.94. The minimum atomic E-state index is 0.104. The largest absolute Gasteiger partial charge is 0.372 e. The van der Waals surface area contributed by atoms with Crippen molar-refractivity contribution in [3.8, 4) is 0 Å². The predicted molar refractivity (Wildman–Crippen MR) is 110 cm³/mol. The summed E-state index contributed by atoms with van der Waals surface area (Å²) in [4.78, 5) is 28.3. The number of rotatable bonds is 5. The summed E-state index contributed by atoms with van der Waals surface area (Å²) in [5, 5.41) is 0. The number of hydrogen-bond acceptors (Lipinski definition) is 5. The molecule has 1 aromatic heterocycles. The normalized spacial score (nSPS) is 14.4. The minimum absolute atomic E-state index is 0.104. The lowest BCUT2D eigenvalue weighted by atomic mass is 10.1. The molecule has 1 aliphatic rings. The van der Waals surface area contributed by atoms with Crippen molar-refractivity contribution in [1.29, 1.82) is 0 Å². The van der Waals surface area contributed by atoms with Crippen LogP contribution in [0.25, 0.3) is 0 Å². The van der Waals surface area contributed by atoms with E-state index in [4.69, 9.17) is 0 Å². The molecule has 0 bridgehead atoms. The molecule has 0 unspecified atom stereocenters. The zero-order valence-corrected chi connectivity index (χ0v) is 16.8. The zero-order valence-electron chi connectivity index (χ0n) is 16.8. The summed E-state index contributed by atoms with van der Waals surface area (Å²) in [6.07, 6.45) is 1.79. The van der Waals surface area contributed by atoms with Crippen LogP contribution in [0.1, 0.15) is 35.6 Å². The minimum Gasteiger partial charge on any atom is -0.372 e. The summed E-state index contributed by atoms with van der Waals surface area (Å²) in [5.74, 6) is 1.04. The Morgan fingerprint density at radius 3 is 2.26 bits per heavy atom. The number of carbonyl (C=O) groups excluding carboxylic acids is 1. The molecule has 1 amide bonds. The van der Waals surface area contributed by atoms with E-state index in [2.05, 4.69) is 33.6 Å². The van der Waals surface area contributed by atoms with E-state index in [0.717, 1.165) is 54.6 Å². The molecular formula is C21H29N5O. The summed E-state index contributed by atoms with van der Waals surface area (Å²) in [6.45, 7) is 13.1. The molecule has 0 aliphatic carbocycles. The first kappa shape index (κ1) is 19.1. The van der Waals surface area contributed by atoms with Crippen LogP contribution in [0.2, 0.25) is 0 Å². The van der Waals surface area contributed by atoms with Crippen LogP contribution in [0.3, 0.4) is 0 Å². The Labute approximate surface area is 161 Å². The first-order chi connectivity index (χ1) is 13.0.